The number of nitrogens with zero attached hydrogens (tertiary/aromatic N) is 1. The van der Waals surface area contributed by atoms with Crippen LogP contribution in [-0.4, -0.2) is 52.8 Å². The molecule has 1 saturated heterocycles. The zero-order chi connectivity index (χ0) is 24.0. The van der Waals surface area contributed by atoms with Crippen molar-refractivity contribution in [3.8, 4) is 17.2 Å². The number of hydrogen-bond donors (Lipinski definition) is 3. The Morgan fingerprint density at radius 3 is 2.61 bits per heavy atom. The van der Waals surface area contributed by atoms with Gasteiger partial charge in [-0.2, -0.15) is 0 Å². The van der Waals surface area contributed by atoms with Crippen LogP contribution in [0.1, 0.15) is 22.3 Å². The summed E-state index contributed by atoms with van der Waals surface area (Å²) in [6.07, 6.45) is 1.58. The van der Waals surface area contributed by atoms with Gasteiger partial charge in [0.05, 0.1) is 24.7 Å². The summed E-state index contributed by atoms with van der Waals surface area (Å²) in [5.41, 5.74) is 5.19. The van der Waals surface area contributed by atoms with Gasteiger partial charge in [0, 0.05) is 24.6 Å². The topological polar surface area (TPSA) is 117 Å². The third kappa shape index (κ3) is 5.82. The zero-order valence-corrected chi connectivity index (χ0v) is 19.4. The van der Waals surface area contributed by atoms with E-state index in [1.165, 1.54) is 24.1 Å². The Morgan fingerprint density at radius 1 is 1.15 bits per heavy atom. The number of thiocarbonyl (C=S) groups is 1. The van der Waals surface area contributed by atoms with E-state index in [0.29, 0.717) is 26.3 Å². The van der Waals surface area contributed by atoms with Crippen molar-refractivity contribution >= 4 is 52.1 Å². The third-order valence-electron chi connectivity index (χ3n) is 4.63. The Kier molecular flexibility index (Phi) is 7.91. The molecule has 3 rings (SSSR count). The lowest BCUT2D eigenvalue weighted by Gasteiger charge is -2.14. The molecule has 2 aromatic rings. The molecule has 9 nitrogen and oxygen atoms in total. The number of nitrogens with one attached hydrogen (secondary N) is 2. The fourth-order valence-corrected chi connectivity index (χ4v) is 4.21. The van der Waals surface area contributed by atoms with Crippen LogP contribution in [0.5, 0.6) is 17.2 Å². The van der Waals surface area contributed by atoms with Gasteiger partial charge in [-0.25, -0.2) is 0 Å². The second-order valence-corrected chi connectivity index (χ2v) is 8.39. The summed E-state index contributed by atoms with van der Waals surface area (Å²) < 4.78 is 10.9. The maximum Gasteiger partial charge on any atom is 0.273 e. The Balaban J connectivity index is 1.58. The van der Waals surface area contributed by atoms with E-state index >= 15 is 0 Å². The molecular formula is C22H21N3O6S2. The van der Waals surface area contributed by atoms with Crippen LogP contribution < -0.4 is 20.3 Å². The van der Waals surface area contributed by atoms with Crippen molar-refractivity contribution in [1.29, 1.82) is 0 Å². The predicted octanol–water partition coefficient (Wildman–Crippen LogP) is 2.46. The first kappa shape index (κ1) is 24.1. The Morgan fingerprint density at radius 2 is 1.91 bits per heavy atom. The number of phenolic OH excluding ortho intramolecular Hbond substituents is 1. The number of thioether (sulfide) groups is 1. The van der Waals surface area contributed by atoms with Crippen LogP contribution in [-0.2, 0) is 9.59 Å². The van der Waals surface area contributed by atoms with Gasteiger partial charge in [0.1, 0.15) is 21.6 Å². The van der Waals surface area contributed by atoms with E-state index in [4.69, 9.17) is 21.7 Å². The SMILES string of the molecule is COc1ccc(/C=C2\SC(=S)N(CCC(=O)NNC(=O)c3ccccc3O)C2=O)c(OC)c1. The summed E-state index contributed by atoms with van der Waals surface area (Å²) in [4.78, 5) is 38.7. The molecule has 0 spiro atoms. The van der Waals surface area contributed by atoms with Crippen LogP contribution >= 0.6 is 24.0 Å². The van der Waals surface area contributed by atoms with Gasteiger partial charge in [0.15, 0.2) is 0 Å². The number of carbonyl (C=O) groups is 3. The number of ether oxygens (including phenoxy) is 2. The second-order valence-electron chi connectivity index (χ2n) is 6.71. The van der Waals surface area contributed by atoms with Crippen molar-refractivity contribution in [3.05, 3.63) is 58.5 Å². The number of carbonyl (C=O) groups excluding carboxylic acids is 3. The van der Waals surface area contributed by atoms with Crippen LogP contribution in [0.3, 0.4) is 0 Å². The highest BCUT2D eigenvalue weighted by molar-refractivity contribution is 8.26. The van der Waals surface area contributed by atoms with E-state index in [1.807, 2.05) is 0 Å². The third-order valence-corrected chi connectivity index (χ3v) is 6.01. The van der Waals surface area contributed by atoms with E-state index in [2.05, 4.69) is 10.9 Å². The van der Waals surface area contributed by atoms with Gasteiger partial charge < -0.3 is 14.6 Å². The number of hydrogen-bond acceptors (Lipinski definition) is 8. The van der Waals surface area contributed by atoms with Gasteiger partial charge in [-0.1, -0.05) is 36.1 Å². The van der Waals surface area contributed by atoms with Crippen LogP contribution in [0.4, 0.5) is 0 Å². The maximum absolute atomic E-state index is 12.8. The number of hydrazine groups is 1. The Hall–Kier alpha value is -3.57. The number of amides is 3. The minimum atomic E-state index is -0.663. The molecule has 0 unspecified atom stereocenters. The molecule has 1 heterocycles. The Bertz CT molecular complexity index is 1130. The smallest absolute Gasteiger partial charge is 0.273 e. The number of para-hydroxylation sites is 1. The fourth-order valence-electron chi connectivity index (χ4n) is 2.91. The van der Waals surface area contributed by atoms with Crippen LogP contribution in [0.25, 0.3) is 6.08 Å². The molecule has 0 saturated carbocycles. The highest BCUT2D eigenvalue weighted by Crippen LogP contribution is 2.35. The van der Waals surface area contributed by atoms with E-state index < -0.39 is 11.8 Å². The molecule has 33 heavy (non-hydrogen) atoms. The quantitative estimate of drug-likeness (QED) is 0.310. The lowest BCUT2D eigenvalue weighted by molar-refractivity contribution is -0.124. The summed E-state index contributed by atoms with van der Waals surface area (Å²) >= 11 is 6.42. The van der Waals surface area contributed by atoms with Crippen LogP contribution in [0, 0.1) is 0 Å². The van der Waals surface area contributed by atoms with Gasteiger partial charge in [0.25, 0.3) is 11.8 Å². The molecule has 3 N–H and O–H groups in total. The normalized spacial score (nSPS) is 14.4. The standard InChI is InChI=1S/C22H21N3O6S2/c1-30-14-8-7-13(17(12-14)31-2)11-18-21(29)25(22(32)33-18)10-9-19(27)23-24-20(28)15-5-3-4-6-16(15)26/h3-8,11-12,26H,9-10H2,1-2H3,(H,23,27)(H,24,28)/b18-11-. The van der Waals surface area contributed by atoms with Gasteiger partial charge in [-0.3, -0.25) is 30.1 Å². The van der Waals surface area contributed by atoms with Crippen molar-refractivity contribution in [2.45, 2.75) is 6.42 Å². The molecule has 0 bridgehead atoms. The molecule has 172 valence electrons. The molecule has 1 aliphatic rings. The van der Waals surface area contributed by atoms with Crippen molar-refractivity contribution in [3.63, 3.8) is 0 Å². The number of rotatable bonds is 7. The van der Waals surface area contributed by atoms with Gasteiger partial charge >= 0.3 is 0 Å². The zero-order valence-electron chi connectivity index (χ0n) is 17.8. The van der Waals surface area contributed by atoms with E-state index in [1.54, 1.807) is 43.5 Å². The molecule has 3 amide bonds. The number of benzene rings is 2. The maximum atomic E-state index is 12.8. The first-order valence-corrected chi connectivity index (χ1v) is 10.9. The highest BCUT2D eigenvalue weighted by Gasteiger charge is 2.32. The number of methoxy groups -OCH3 is 2. The first-order chi connectivity index (χ1) is 15.8. The molecule has 0 atom stereocenters. The summed E-state index contributed by atoms with van der Waals surface area (Å²) in [7, 11) is 3.07. The number of aromatic hydroxyl groups is 1. The lowest BCUT2D eigenvalue weighted by atomic mass is 10.1. The molecule has 1 fully saturated rings. The Labute approximate surface area is 199 Å². The van der Waals surface area contributed by atoms with E-state index in [9.17, 15) is 19.5 Å². The summed E-state index contributed by atoms with van der Waals surface area (Å²) in [5, 5.41) is 9.69. The molecule has 0 aliphatic carbocycles. The fraction of sp³-hybridized carbons (Fsp3) is 0.182. The summed E-state index contributed by atoms with van der Waals surface area (Å²) in [5.74, 6) is -0.551. The van der Waals surface area contributed by atoms with Crippen molar-refractivity contribution in [2.75, 3.05) is 20.8 Å². The molecule has 2 aromatic carbocycles. The van der Waals surface area contributed by atoms with Crippen molar-refractivity contribution in [2.24, 2.45) is 0 Å². The average Bonchev–Trinajstić information content (AvgIpc) is 3.08. The van der Waals surface area contributed by atoms with Crippen molar-refractivity contribution < 1.29 is 29.0 Å². The second kappa shape index (κ2) is 10.8. The predicted molar refractivity (Wildman–Crippen MR) is 128 cm³/mol. The van der Waals surface area contributed by atoms with Crippen LogP contribution in [0.2, 0.25) is 0 Å². The molecule has 11 heteroatoms. The summed E-state index contributed by atoms with van der Waals surface area (Å²) in [6.45, 7) is 0.0417. The van der Waals surface area contributed by atoms with Gasteiger partial charge in [-0.05, 0) is 30.3 Å². The average molecular weight is 488 g/mol. The lowest BCUT2D eigenvalue weighted by Crippen LogP contribution is -2.43. The first-order valence-electron chi connectivity index (χ1n) is 9.68. The van der Waals surface area contributed by atoms with Crippen LogP contribution in [0.15, 0.2) is 47.4 Å². The molecule has 1 aliphatic heterocycles. The summed E-state index contributed by atoms with van der Waals surface area (Å²) in [6, 6.07) is 11.2. The minimum absolute atomic E-state index is 0.0221. The van der Waals surface area contributed by atoms with E-state index in [-0.39, 0.29) is 30.2 Å². The number of phenols is 1. The monoisotopic (exact) mass is 487 g/mol. The van der Waals surface area contributed by atoms with Gasteiger partial charge in [0.2, 0.25) is 5.91 Å². The largest absolute Gasteiger partial charge is 0.507 e. The van der Waals surface area contributed by atoms with E-state index in [0.717, 1.165) is 11.8 Å². The van der Waals surface area contributed by atoms with Crippen molar-refractivity contribution in [1.82, 2.24) is 15.8 Å². The molecule has 0 radical (unpaired) electrons. The molecule has 0 aromatic heterocycles. The minimum Gasteiger partial charge on any atom is -0.507 e. The van der Waals surface area contributed by atoms with Gasteiger partial charge in [-0.15, -0.1) is 0 Å². The highest BCUT2D eigenvalue weighted by atomic mass is 32.2. The molecular weight excluding hydrogens is 466 g/mol.